The number of halogens is 4. The van der Waals surface area contributed by atoms with Gasteiger partial charge in [0.15, 0.2) is 0 Å². The maximum absolute atomic E-state index is 13.2. The van der Waals surface area contributed by atoms with Crippen molar-refractivity contribution in [3.8, 4) is 0 Å². The zero-order valence-corrected chi connectivity index (χ0v) is 21.5. The normalized spacial score (nSPS) is 18.6. The van der Waals surface area contributed by atoms with Crippen molar-refractivity contribution in [1.82, 2.24) is 14.8 Å². The molecule has 1 aliphatic rings. The Hall–Kier alpha value is -2.46. The summed E-state index contributed by atoms with van der Waals surface area (Å²) in [6, 6.07) is 12.7. The van der Waals surface area contributed by atoms with Crippen LogP contribution >= 0.6 is 22.9 Å². The molecule has 0 spiro atoms. The number of benzene rings is 2. The molecule has 1 saturated heterocycles. The number of nitrogens with zero attached hydrogens (tertiary/aromatic N) is 3. The zero-order chi connectivity index (χ0) is 25.9. The molecule has 3 aromatic rings. The first-order valence-corrected chi connectivity index (χ1v) is 12.8. The summed E-state index contributed by atoms with van der Waals surface area (Å²) in [6.07, 6.45) is -4.50. The number of thiazole rings is 1. The number of hydrogen-bond donors (Lipinski definition) is 0. The van der Waals surface area contributed by atoms with Crippen molar-refractivity contribution in [1.29, 1.82) is 0 Å². The Labute approximate surface area is 217 Å². The van der Waals surface area contributed by atoms with Crippen LogP contribution in [-0.2, 0) is 30.5 Å². The third-order valence-electron chi connectivity index (χ3n) is 5.79. The number of carbonyl (C=O) groups is 1. The van der Waals surface area contributed by atoms with E-state index < -0.39 is 11.7 Å². The molecule has 0 N–H and O–H groups in total. The van der Waals surface area contributed by atoms with Gasteiger partial charge in [-0.25, -0.2) is 4.98 Å². The molecule has 2 aromatic carbocycles. The number of carbonyl (C=O) groups excluding carboxylic acids is 1. The van der Waals surface area contributed by atoms with E-state index in [1.807, 2.05) is 36.9 Å². The molecule has 0 aliphatic carbocycles. The number of rotatable bonds is 7. The molecule has 0 radical (unpaired) electrons. The van der Waals surface area contributed by atoms with Crippen LogP contribution in [0.3, 0.4) is 0 Å². The minimum Gasteiger partial charge on any atom is -0.372 e. The second-order valence-electron chi connectivity index (χ2n) is 9.07. The van der Waals surface area contributed by atoms with E-state index >= 15 is 0 Å². The van der Waals surface area contributed by atoms with Crippen molar-refractivity contribution in [2.45, 2.75) is 51.9 Å². The quantitative estimate of drug-likeness (QED) is 0.356. The molecule has 2 unspecified atom stereocenters. The summed E-state index contributed by atoms with van der Waals surface area (Å²) in [5.41, 5.74) is 1.16. The minimum absolute atomic E-state index is 0.0449. The number of aromatic nitrogens is 1. The van der Waals surface area contributed by atoms with Crippen LogP contribution in [0.15, 0.2) is 53.9 Å². The van der Waals surface area contributed by atoms with Crippen molar-refractivity contribution >= 4 is 28.8 Å². The lowest BCUT2D eigenvalue weighted by Gasteiger charge is -2.34. The molecule has 2 atom stereocenters. The highest BCUT2D eigenvalue weighted by Crippen LogP contribution is 2.30. The molecular weight excluding hydrogens is 511 g/mol. The van der Waals surface area contributed by atoms with Gasteiger partial charge in [-0.05, 0) is 43.2 Å². The van der Waals surface area contributed by atoms with Gasteiger partial charge < -0.3 is 9.64 Å². The van der Waals surface area contributed by atoms with Crippen molar-refractivity contribution < 1.29 is 22.7 Å². The SMILES string of the molecule is CC1CN(C(=O)c2csc(CN(Cc3cccc(Cl)c3)Cc3cccc(C(F)(F)F)c3)n2)CC(C)O1. The Balaban J connectivity index is 1.52. The molecule has 0 bridgehead atoms. The number of ether oxygens (including phenoxy) is 1. The predicted octanol–water partition coefficient (Wildman–Crippen LogP) is 6.27. The Kier molecular flexibility index (Phi) is 8.34. The highest BCUT2D eigenvalue weighted by Gasteiger charge is 2.31. The Bertz CT molecular complexity index is 1190. The second kappa shape index (κ2) is 11.3. The van der Waals surface area contributed by atoms with Gasteiger partial charge in [-0.15, -0.1) is 11.3 Å². The van der Waals surface area contributed by atoms with Crippen LogP contribution in [0, 0.1) is 0 Å². The number of hydrogen-bond acceptors (Lipinski definition) is 5. The Morgan fingerprint density at radius 3 is 2.36 bits per heavy atom. The predicted molar refractivity (Wildman–Crippen MR) is 134 cm³/mol. The van der Waals surface area contributed by atoms with E-state index in [-0.39, 0.29) is 24.7 Å². The van der Waals surface area contributed by atoms with E-state index in [9.17, 15) is 18.0 Å². The van der Waals surface area contributed by atoms with Crippen molar-refractivity contribution in [3.05, 3.63) is 86.3 Å². The minimum atomic E-state index is -4.41. The van der Waals surface area contributed by atoms with Gasteiger partial charge in [0, 0.05) is 36.6 Å². The zero-order valence-electron chi connectivity index (χ0n) is 20.0. The number of morpholine rings is 1. The van der Waals surface area contributed by atoms with Gasteiger partial charge in [0.05, 0.1) is 24.3 Å². The van der Waals surface area contributed by atoms with E-state index in [0.717, 1.165) is 11.6 Å². The summed E-state index contributed by atoms with van der Waals surface area (Å²) in [7, 11) is 0. The summed E-state index contributed by atoms with van der Waals surface area (Å²) in [6.45, 7) is 5.99. The highest BCUT2D eigenvalue weighted by molar-refractivity contribution is 7.09. The van der Waals surface area contributed by atoms with Crippen LogP contribution < -0.4 is 0 Å². The van der Waals surface area contributed by atoms with E-state index in [1.54, 1.807) is 22.4 Å². The van der Waals surface area contributed by atoms with Crippen molar-refractivity contribution in [2.24, 2.45) is 0 Å². The molecule has 2 heterocycles. The van der Waals surface area contributed by atoms with Gasteiger partial charge in [0.1, 0.15) is 10.7 Å². The highest BCUT2D eigenvalue weighted by atomic mass is 35.5. The van der Waals surface area contributed by atoms with Crippen LogP contribution in [0.5, 0.6) is 0 Å². The first-order chi connectivity index (χ1) is 17.1. The van der Waals surface area contributed by atoms with Gasteiger partial charge in [-0.3, -0.25) is 9.69 Å². The standard InChI is InChI=1S/C26H27ClF3N3O2S/c1-17-11-33(12-18(2)35-17)25(34)23-16-36-24(31-23)15-32(14-20-6-4-8-22(27)10-20)13-19-5-3-7-21(9-19)26(28,29)30/h3-10,16-18H,11-15H2,1-2H3. The van der Waals surface area contributed by atoms with Crippen molar-refractivity contribution in [3.63, 3.8) is 0 Å². The molecule has 192 valence electrons. The van der Waals surface area contributed by atoms with Crippen LogP contribution in [0.4, 0.5) is 13.2 Å². The van der Waals surface area contributed by atoms with Crippen molar-refractivity contribution in [2.75, 3.05) is 13.1 Å². The van der Waals surface area contributed by atoms with Crippen LogP contribution in [0.2, 0.25) is 5.02 Å². The molecule has 36 heavy (non-hydrogen) atoms. The third-order valence-corrected chi connectivity index (χ3v) is 6.86. The molecule has 1 aromatic heterocycles. The monoisotopic (exact) mass is 537 g/mol. The lowest BCUT2D eigenvalue weighted by atomic mass is 10.1. The summed E-state index contributed by atoms with van der Waals surface area (Å²) in [4.78, 5) is 21.3. The van der Waals surface area contributed by atoms with E-state index in [0.29, 0.717) is 47.5 Å². The van der Waals surface area contributed by atoms with E-state index in [1.165, 1.54) is 23.5 Å². The number of amides is 1. The van der Waals surface area contributed by atoms with Gasteiger partial charge in [0.25, 0.3) is 5.91 Å². The first kappa shape index (κ1) is 26.6. The van der Waals surface area contributed by atoms with E-state index in [4.69, 9.17) is 16.3 Å². The Morgan fingerprint density at radius 1 is 1.08 bits per heavy atom. The maximum Gasteiger partial charge on any atom is 0.416 e. The molecule has 5 nitrogen and oxygen atoms in total. The van der Waals surface area contributed by atoms with Crippen LogP contribution in [0.25, 0.3) is 0 Å². The van der Waals surface area contributed by atoms with Gasteiger partial charge in [-0.2, -0.15) is 13.2 Å². The molecule has 1 aliphatic heterocycles. The van der Waals surface area contributed by atoms with Crippen LogP contribution in [0.1, 0.15) is 46.0 Å². The maximum atomic E-state index is 13.2. The lowest BCUT2D eigenvalue weighted by Crippen LogP contribution is -2.48. The fraction of sp³-hybridized carbons (Fsp3) is 0.385. The molecule has 1 fully saturated rings. The van der Waals surface area contributed by atoms with Gasteiger partial charge in [-0.1, -0.05) is 41.9 Å². The molecule has 1 amide bonds. The third kappa shape index (κ3) is 7.06. The van der Waals surface area contributed by atoms with Crippen LogP contribution in [-0.4, -0.2) is 46.0 Å². The van der Waals surface area contributed by atoms with Gasteiger partial charge >= 0.3 is 6.18 Å². The summed E-state index contributed by atoms with van der Waals surface area (Å²) < 4.78 is 45.4. The Morgan fingerprint density at radius 2 is 1.72 bits per heavy atom. The van der Waals surface area contributed by atoms with Gasteiger partial charge in [0.2, 0.25) is 0 Å². The molecule has 0 saturated carbocycles. The summed E-state index contributed by atoms with van der Waals surface area (Å²) >= 11 is 7.51. The summed E-state index contributed by atoms with van der Waals surface area (Å²) in [5.74, 6) is -0.140. The largest absolute Gasteiger partial charge is 0.416 e. The fourth-order valence-electron chi connectivity index (χ4n) is 4.34. The van der Waals surface area contributed by atoms with E-state index in [2.05, 4.69) is 4.98 Å². The fourth-order valence-corrected chi connectivity index (χ4v) is 5.37. The lowest BCUT2D eigenvalue weighted by molar-refractivity contribution is -0.137. The second-order valence-corrected chi connectivity index (χ2v) is 10.4. The topological polar surface area (TPSA) is 45.7 Å². The summed E-state index contributed by atoms with van der Waals surface area (Å²) in [5, 5.41) is 3.04. The first-order valence-electron chi connectivity index (χ1n) is 11.6. The number of alkyl halides is 3. The smallest absolute Gasteiger partial charge is 0.372 e. The molecule has 10 heteroatoms. The molecular formula is C26H27ClF3N3O2S. The average Bonchev–Trinajstić information content (AvgIpc) is 3.26. The average molecular weight is 538 g/mol. The molecule has 4 rings (SSSR count).